The second-order valence-corrected chi connectivity index (χ2v) is 5.93. The zero-order valence-corrected chi connectivity index (χ0v) is 14.3. The number of amides is 1. The monoisotopic (exact) mass is 341 g/mol. The Labute approximate surface area is 153 Å². The number of anilines is 3. The van der Waals surface area contributed by atoms with Crippen LogP contribution in [0.1, 0.15) is 17.5 Å². The van der Waals surface area contributed by atoms with Crippen LogP contribution >= 0.6 is 0 Å². The first-order valence-electron chi connectivity index (χ1n) is 8.44. The molecule has 0 aliphatic heterocycles. The summed E-state index contributed by atoms with van der Waals surface area (Å²) in [7, 11) is 0. The third-order valence-electron chi connectivity index (χ3n) is 3.93. The van der Waals surface area contributed by atoms with Crippen molar-refractivity contribution in [3.63, 3.8) is 0 Å². The molecule has 0 spiro atoms. The number of benzene rings is 3. The average molecular weight is 341 g/mol. The highest BCUT2D eigenvalue weighted by atomic mass is 16.1. The second kappa shape index (κ2) is 8.50. The third-order valence-corrected chi connectivity index (χ3v) is 3.93. The van der Waals surface area contributed by atoms with Crippen molar-refractivity contribution in [2.45, 2.75) is 12.8 Å². The van der Waals surface area contributed by atoms with Crippen LogP contribution in [0.15, 0.2) is 78.9 Å². The summed E-state index contributed by atoms with van der Waals surface area (Å²) in [5.74, 6) is -0.00344. The second-order valence-electron chi connectivity index (χ2n) is 5.93. The first-order chi connectivity index (χ1) is 12.7. The number of nitriles is 1. The summed E-state index contributed by atoms with van der Waals surface area (Å²) in [5, 5.41) is 15.1. The van der Waals surface area contributed by atoms with Crippen molar-refractivity contribution in [1.29, 1.82) is 5.26 Å². The number of hydrogen-bond acceptors (Lipinski definition) is 3. The van der Waals surface area contributed by atoms with Crippen LogP contribution in [0, 0.1) is 11.3 Å². The van der Waals surface area contributed by atoms with E-state index in [-0.39, 0.29) is 5.91 Å². The minimum Gasteiger partial charge on any atom is -0.355 e. The van der Waals surface area contributed by atoms with Gasteiger partial charge in [0.15, 0.2) is 0 Å². The molecule has 0 bridgehead atoms. The zero-order chi connectivity index (χ0) is 18.2. The highest BCUT2D eigenvalue weighted by molar-refractivity contribution is 5.91. The molecular weight excluding hydrogens is 322 g/mol. The van der Waals surface area contributed by atoms with Crippen LogP contribution in [0.5, 0.6) is 0 Å². The molecule has 26 heavy (non-hydrogen) atoms. The number of carbonyl (C=O) groups excluding carboxylic acids is 1. The van der Waals surface area contributed by atoms with Crippen LogP contribution in [0.2, 0.25) is 0 Å². The fourth-order valence-corrected chi connectivity index (χ4v) is 2.60. The van der Waals surface area contributed by atoms with Crippen LogP contribution in [0.3, 0.4) is 0 Å². The largest absolute Gasteiger partial charge is 0.355 e. The van der Waals surface area contributed by atoms with Crippen LogP contribution < -0.4 is 10.6 Å². The van der Waals surface area contributed by atoms with E-state index >= 15 is 0 Å². The van der Waals surface area contributed by atoms with Gasteiger partial charge in [-0.3, -0.25) is 4.79 Å². The molecule has 128 valence electrons. The van der Waals surface area contributed by atoms with Gasteiger partial charge in [-0.25, -0.2) is 0 Å². The van der Waals surface area contributed by atoms with Crippen molar-refractivity contribution in [3.8, 4) is 6.07 Å². The number of hydrogen-bond donors (Lipinski definition) is 2. The maximum absolute atomic E-state index is 12.1. The molecule has 1 amide bonds. The van der Waals surface area contributed by atoms with Crippen LogP contribution in [-0.2, 0) is 11.2 Å². The Bertz CT molecular complexity index is 912. The summed E-state index contributed by atoms with van der Waals surface area (Å²) in [5.41, 5.74) is 4.27. The highest BCUT2D eigenvalue weighted by Crippen LogP contribution is 2.20. The summed E-state index contributed by atoms with van der Waals surface area (Å²) in [6.07, 6.45) is 1.17. The van der Waals surface area contributed by atoms with Crippen molar-refractivity contribution in [3.05, 3.63) is 90.0 Å². The molecule has 0 heterocycles. The first-order valence-corrected chi connectivity index (χ1v) is 8.44. The van der Waals surface area contributed by atoms with Gasteiger partial charge in [-0.1, -0.05) is 36.4 Å². The zero-order valence-electron chi connectivity index (χ0n) is 14.3. The lowest BCUT2D eigenvalue weighted by atomic mass is 10.1. The Morgan fingerprint density at radius 1 is 0.846 bits per heavy atom. The lowest BCUT2D eigenvalue weighted by Gasteiger charge is -2.09. The van der Waals surface area contributed by atoms with E-state index in [4.69, 9.17) is 5.26 Å². The Kier molecular flexibility index (Phi) is 5.64. The number of nitrogens with one attached hydrogen (secondary N) is 2. The molecule has 0 aromatic heterocycles. The first kappa shape index (κ1) is 17.2. The van der Waals surface area contributed by atoms with Crippen molar-refractivity contribution >= 4 is 23.0 Å². The van der Waals surface area contributed by atoms with E-state index in [1.807, 2.05) is 66.7 Å². The normalized spacial score (nSPS) is 9.96. The average Bonchev–Trinajstić information content (AvgIpc) is 2.69. The van der Waals surface area contributed by atoms with Gasteiger partial charge in [0.25, 0.3) is 0 Å². The fraction of sp³-hybridized carbons (Fsp3) is 0.0909. The summed E-state index contributed by atoms with van der Waals surface area (Å²) >= 11 is 0. The van der Waals surface area contributed by atoms with Crippen LogP contribution in [0.4, 0.5) is 17.1 Å². The number of carbonyl (C=O) groups is 1. The molecule has 0 radical (unpaired) electrons. The minimum absolute atomic E-state index is 0.00344. The van der Waals surface area contributed by atoms with E-state index in [0.29, 0.717) is 12.0 Å². The lowest BCUT2D eigenvalue weighted by Crippen LogP contribution is -2.12. The molecule has 0 fully saturated rings. The van der Waals surface area contributed by atoms with Crippen LogP contribution in [-0.4, -0.2) is 5.91 Å². The van der Waals surface area contributed by atoms with E-state index in [0.717, 1.165) is 29.0 Å². The Morgan fingerprint density at radius 2 is 1.58 bits per heavy atom. The molecule has 2 N–H and O–H groups in total. The molecule has 0 saturated carbocycles. The minimum atomic E-state index is -0.00344. The van der Waals surface area contributed by atoms with E-state index in [1.165, 1.54) is 0 Å². The number of rotatable bonds is 6. The smallest absolute Gasteiger partial charge is 0.224 e. The van der Waals surface area contributed by atoms with Gasteiger partial charge in [0, 0.05) is 23.5 Å². The molecule has 0 aliphatic carbocycles. The SMILES string of the molecule is N#Cc1cccc(Nc2ccc(NC(=O)CCc3ccccc3)cc2)c1. The third kappa shape index (κ3) is 4.96. The summed E-state index contributed by atoms with van der Waals surface area (Å²) in [4.78, 5) is 12.1. The summed E-state index contributed by atoms with van der Waals surface area (Å²) < 4.78 is 0. The predicted octanol–water partition coefficient (Wildman–Crippen LogP) is 4.87. The van der Waals surface area contributed by atoms with E-state index < -0.39 is 0 Å². The van der Waals surface area contributed by atoms with Crippen LogP contribution in [0.25, 0.3) is 0 Å². The molecule has 3 aromatic carbocycles. The molecule has 0 unspecified atom stereocenters. The van der Waals surface area contributed by atoms with Crippen molar-refractivity contribution in [1.82, 2.24) is 0 Å². The quantitative estimate of drug-likeness (QED) is 0.672. The Hall–Kier alpha value is -3.58. The van der Waals surface area contributed by atoms with E-state index in [2.05, 4.69) is 16.7 Å². The molecule has 4 heteroatoms. The van der Waals surface area contributed by atoms with Gasteiger partial charge in [0.2, 0.25) is 5.91 Å². The maximum Gasteiger partial charge on any atom is 0.224 e. The van der Waals surface area contributed by atoms with Gasteiger partial charge in [-0.05, 0) is 54.4 Å². The van der Waals surface area contributed by atoms with Gasteiger partial charge in [0.1, 0.15) is 0 Å². The molecule has 0 saturated heterocycles. The van der Waals surface area contributed by atoms with Gasteiger partial charge in [0.05, 0.1) is 11.6 Å². The fourth-order valence-electron chi connectivity index (χ4n) is 2.60. The molecule has 4 nitrogen and oxygen atoms in total. The Balaban J connectivity index is 1.54. The van der Waals surface area contributed by atoms with Crippen molar-refractivity contribution in [2.75, 3.05) is 10.6 Å². The topological polar surface area (TPSA) is 64.9 Å². The molecular formula is C22H19N3O. The maximum atomic E-state index is 12.1. The van der Waals surface area contributed by atoms with Crippen molar-refractivity contribution < 1.29 is 4.79 Å². The van der Waals surface area contributed by atoms with Gasteiger partial charge < -0.3 is 10.6 Å². The summed E-state index contributed by atoms with van der Waals surface area (Å²) in [6.45, 7) is 0. The van der Waals surface area contributed by atoms with Crippen molar-refractivity contribution in [2.24, 2.45) is 0 Å². The standard InChI is InChI=1S/C22H19N3O/c23-16-18-7-4-8-21(15-18)24-19-10-12-20(13-11-19)25-22(26)14-9-17-5-2-1-3-6-17/h1-8,10-13,15,24H,9,14H2,(H,25,26). The summed E-state index contributed by atoms with van der Waals surface area (Å²) in [6, 6.07) is 26.9. The van der Waals surface area contributed by atoms with E-state index in [1.54, 1.807) is 12.1 Å². The number of nitrogens with zero attached hydrogens (tertiary/aromatic N) is 1. The predicted molar refractivity (Wildman–Crippen MR) is 104 cm³/mol. The molecule has 3 aromatic rings. The van der Waals surface area contributed by atoms with E-state index in [9.17, 15) is 4.79 Å². The van der Waals surface area contributed by atoms with Gasteiger partial charge >= 0.3 is 0 Å². The van der Waals surface area contributed by atoms with Gasteiger partial charge in [-0.15, -0.1) is 0 Å². The number of aryl methyl sites for hydroxylation is 1. The van der Waals surface area contributed by atoms with Gasteiger partial charge in [-0.2, -0.15) is 5.26 Å². The lowest BCUT2D eigenvalue weighted by molar-refractivity contribution is -0.116. The highest BCUT2D eigenvalue weighted by Gasteiger charge is 2.04. The Morgan fingerprint density at radius 3 is 2.31 bits per heavy atom. The molecule has 0 aliphatic rings. The molecule has 3 rings (SSSR count). The molecule has 0 atom stereocenters.